The summed E-state index contributed by atoms with van der Waals surface area (Å²) in [4.78, 5) is 0. The molecular formula is C15H22BrN. The third-order valence-corrected chi connectivity index (χ3v) is 4.90. The Kier molecular flexibility index (Phi) is 3.94. The summed E-state index contributed by atoms with van der Waals surface area (Å²) in [6.45, 7) is 7.86. The first-order valence-electron chi connectivity index (χ1n) is 6.47. The van der Waals surface area contributed by atoms with Crippen LogP contribution < -0.4 is 5.32 Å². The van der Waals surface area contributed by atoms with Gasteiger partial charge in [0, 0.05) is 17.1 Å². The van der Waals surface area contributed by atoms with Gasteiger partial charge >= 0.3 is 0 Å². The summed E-state index contributed by atoms with van der Waals surface area (Å²) in [5.41, 5.74) is 3.13. The van der Waals surface area contributed by atoms with Crippen LogP contribution in [-0.2, 0) is 6.54 Å². The van der Waals surface area contributed by atoms with Gasteiger partial charge in [-0.1, -0.05) is 48.3 Å². The number of nitrogens with one attached hydrogen (secondary N) is 1. The minimum absolute atomic E-state index is 0.460. The third kappa shape index (κ3) is 3.11. The Hall–Kier alpha value is -0.340. The zero-order valence-corrected chi connectivity index (χ0v) is 12.6. The Bertz CT molecular complexity index is 398. The monoisotopic (exact) mass is 295 g/mol. The molecule has 94 valence electrons. The molecule has 1 aromatic rings. The van der Waals surface area contributed by atoms with Crippen molar-refractivity contribution in [2.75, 3.05) is 0 Å². The molecule has 0 spiro atoms. The number of halogens is 1. The Morgan fingerprint density at radius 2 is 2.18 bits per heavy atom. The fourth-order valence-electron chi connectivity index (χ4n) is 2.69. The van der Waals surface area contributed by atoms with E-state index in [4.69, 9.17) is 0 Å². The summed E-state index contributed by atoms with van der Waals surface area (Å²) in [6.07, 6.45) is 4.03. The lowest BCUT2D eigenvalue weighted by atomic mass is 9.87. The molecule has 1 nitrogen and oxygen atoms in total. The van der Waals surface area contributed by atoms with E-state index >= 15 is 0 Å². The number of aryl methyl sites for hydroxylation is 1. The number of hydrogen-bond acceptors (Lipinski definition) is 1. The van der Waals surface area contributed by atoms with Gasteiger partial charge in [-0.05, 0) is 42.4 Å². The van der Waals surface area contributed by atoms with Crippen LogP contribution in [0.1, 0.15) is 44.2 Å². The van der Waals surface area contributed by atoms with Crippen LogP contribution in [-0.4, -0.2) is 6.04 Å². The second-order valence-electron chi connectivity index (χ2n) is 5.90. The van der Waals surface area contributed by atoms with Crippen molar-refractivity contribution < 1.29 is 0 Å². The third-order valence-electron chi connectivity index (χ3n) is 4.05. The smallest absolute Gasteiger partial charge is 0.0208 e. The van der Waals surface area contributed by atoms with Gasteiger partial charge in [0.1, 0.15) is 0 Å². The van der Waals surface area contributed by atoms with E-state index in [2.05, 4.69) is 60.2 Å². The van der Waals surface area contributed by atoms with Gasteiger partial charge in [0.15, 0.2) is 0 Å². The number of rotatable bonds is 3. The Balaban J connectivity index is 1.96. The lowest BCUT2D eigenvalue weighted by Crippen LogP contribution is -2.37. The molecule has 1 aliphatic carbocycles. The molecule has 1 unspecified atom stereocenters. The first kappa shape index (κ1) is 13.1. The molecule has 2 heteroatoms. The second-order valence-corrected chi connectivity index (χ2v) is 6.75. The van der Waals surface area contributed by atoms with Crippen molar-refractivity contribution in [3.63, 3.8) is 0 Å². The molecule has 0 heterocycles. The van der Waals surface area contributed by atoms with Crippen LogP contribution in [0.2, 0.25) is 0 Å². The molecule has 1 N–H and O–H groups in total. The summed E-state index contributed by atoms with van der Waals surface area (Å²) in [5.74, 6) is 0. The Morgan fingerprint density at radius 3 is 2.76 bits per heavy atom. The lowest BCUT2D eigenvalue weighted by molar-refractivity contribution is 0.282. The first-order chi connectivity index (χ1) is 7.99. The SMILES string of the molecule is Cc1ccc(CNC2CCCC2(C)C)cc1Br. The largest absolute Gasteiger partial charge is 0.309 e. The minimum atomic E-state index is 0.460. The predicted molar refractivity (Wildman–Crippen MR) is 77.1 cm³/mol. The van der Waals surface area contributed by atoms with E-state index in [-0.39, 0.29) is 0 Å². The van der Waals surface area contributed by atoms with E-state index < -0.39 is 0 Å². The molecule has 0 saturated heterocycles. The van der Waals surface area contributed by atoms with Crippen LogP contribution in [0.25, 0.3) is 0 Å². The van der Waals surface area contributed by atoms with Crippen LogP contribution in [0.3, 0.4) is 0 Å². The van der Waals surface area contributed by atoms with Gasteiger partial charge in [0.05, 0.1) is 0 Å². The fourth-order valence-corrected chi connectivity index (χ4v) is 3.12. The Morgan fingerprint density at radius 1 is 1.41 bits per heavy atom. The highest BCUT2D eigenvalue weighted by Gasteiger charge is 2.33. The highest BCUT2D eigenvalue weighted by molar-refractivity contribution is 9.10. The van der Waals surface area contributed by atoms with Crippen molar-refractivity contribution in [2.45, 2.75) is 52.6 Å². The molecule has 1 aromatic carbocycles. The molecule has 1 fully saturated rings. The van der Waals surface area contributed by atoms with Crippen LogP contribution >= 0.6 is 15.9 Å². The molecule has 0 amide bonds. The van der Waals surface area contributed by atoms with E-state index in [9.17, 15) is 0 Å². The maximum Gasteiger partial charge on any atom is 0.0208 e. The summed E-state index contributed by atoms with van der Waals surface area (Å²) in [7, 11) is 0. The maximum absolute atomic E-state index is 3.71. The molecule has 0 aliphatic heterocycles. The zero-order valence-electron chi connectivity index (χ0n) is 11.0. The molecule has 0 aromatic heterocycles. The van der Waals surface area contributed by atoms with E-state index in [1.54, 1.807) is 0 Å². The van der Waals surface area contributed by atoms with Gasteiger partial charge < -0.3 is 5.32 Å². The average Bonchev–Trinajstić information content (AvgIpc) is 2.60. The lowest BCUT2D eigenvalue weighted by Gasteiger charge is -2.28. The number of hydrogen-bond donors (Lipinski definition) is 1. The van der Waals surface area contributed by atoms with Crippen molar-refractivity contribution >= 4 is 15.9 Å². The fraction of sp³-hybridized carbons (Fsp3) is 0.600. The molecule has 2 rings (SSSR count). The highest BCUT2D eigenvalue weighted by Crippen LogP contribution is 2.37. The van der Waals surface area contributed by atoms with Gasteiger partial charge in [-0.2, -0.15) is 0 Å². The normalized spacial score (nSPS) is 22.9. The van der Waals surface area contributed by atoms with E-state index in [0.717, 1.165) is 6.54 Å². The highest BCUT2D eigenvalue weighted by atomic mass is 79.9. The molecule has 0 radical (unpaired) electrons. The van der Waals surface area contributed by atoms with Crippen molar-refractivity contribution in [3.8, 4) is 0 Å². The van der Waals surface area contributed by atoms with Crippen LogP contribution in [0.4, 0.5) is 0 Å². The quantitative estimate of drug-likeness (QED) is 0.870. The minimum Gasteiger partial charge on any atom is -0.309 e. The van der Waals surface area contributed by atoms with Crippen molar-refractivity contribution in [2.24, 2.45) is 5.41 Å². The van der Waals surface area contributed by atoms with Crippen LogP contribution in [0.15, 0.2) is 22.7 Å². The molecule has 1 atom stereocenters. The van der Waals surface area contributed by atoms with Crippen molar-refractivity contribution in [3.05, 3.63) is 33.8 Å². The summed E-state index contributed by atoms with van der Waals surface area (Å²) in [6, 6.07) is 7.29. The molecule has 1 saturated carbocycles. The summed E-state index contributed by atoms with van der Waals surface area (Å²) >= 11 is 3.59. The van der Waals surface area contributed by atoms with Crippen molar-refractivity contribution in [1.29, 1.82) is 0 Å². The molecule has 17 heavy (non-hydrogen) atoms. The average molecular weight is 296 g/mol. The van der Waals surface area contributed by atoms with Gasteiger partial charge in [-0.3, -0.25) is 0 Å². The molecule has 1 aliphatic rings. The standard InChI is InChI=1S/C15H22BrN/c1-11-6-7-12(9-13(11)16)10-17-14-5-4-8-15(14,2)3/h6-7,9,14,17H,4-5,8,10H2,1-3H3. The number of benzene rings is 1. The second kappa shape index (κ2) is 5.11. The van der Waals surface area contributed by atoms with E-state index in [1.165, 1.54) is 34.9 Å². The van der Waals surface area contributed by atoms with E-state index in [0.29, 0.717) is 11.5 Å². The Labute approximate surface area is 113 Å². The van der Waals surface area contributed by atoms with Gasteiger partial charge in [0.25, 0.3) is 0 Å². The maximum atomic E-state index is 3.71. The zero-order chi connectivity index (χ0) is 12.5. The molecular weight excluding hydrogens is 274 g/mol. The van der Waals surface area contributed by atoms with Gasteiger partial charge in [-0.25, -0.2) is 0 Å². The van der Waals surface area contributed by atoms with E-state index in [1.807, 2.05) is 0 Å². The molecule has 0 bridgehead atoms. The van der Waals surface area contributed by atoms with Crippen LogP contribution in [0, 0.1) is 12.3 Å². The van der Waals surface area contributed by atoms with Gasteiger partial charge in [0.2, 0.25) is 0 Å². The summed E-state index contributed by atoms with van der Waals surface area (Å²) in [5, 5.41) is 3.71. The van der Waals surface area contributed by atoms with Crippen LogP contribution in [0.5, 0.6) is 0 Å². The predicted octanol–water partition coefficient (Wildman–Crippen LogP) is 4.43. The van der Waals surface area contributed by atoms with Crippen molar-refractivity contribution in [1.82, 2.24) is 5.32 Å². The first-order valence-corrected chi connectivity index (χ1v) is 7.27. The van der Waals surface area contributed by atoms with Gasteiger partial charge in [-0.15, -0.1) is 0 Å². The summed E-state index contributed by atoms with van der Waals surface area (Å²) < 4.78 is 1.21. The topological polar surface area (TPSA) is 12.0 Å².